The predicted octanol–water partition coefficient (Wildman–Crippen LogP) is 0.878. The molecule has 0 spiro atoms. The van der Waals surface area contributed by atoms with Crippen molar-refractivity contribution in [2.45, 2.75) is 13.8 Å². The quantitative estimate of drug-likeness (QED) is 0.530. The van der Waals surface area contributed by atoms with Gasteiger partial charge in [0.05, 0.1) is 10.3 Å². The lowest BCUT2D eigenvalue weighted by Gasteiger charge is -2.21. The van der Waals surface area contributed by atoms with E-state index in [1.54, 1.807) is 13.8 Å². The van der Waals surface area contributed by atoms with E-state index in [4.69, 9.17) is 5.73 Å². The van der Waals surface area contributed by atoms with Crippen LogP contribution in [0.25, 0.3) is 0 Å². The number of hydrogen-bond acceptors (Lipinski definition) is 5. The number of nitro benzene ring substituents is 1. The molecule has 0 saturated carbocycles. The van der Waals surface area contributed by atoms with E-state index in [1.807, 2.05) is 0 Å². The molecule has 4 N–H and O–H groups in total. The summed E-state index contributed by atoms with van der Waals surface area (Å²) in [6.45, 7) is 3.36. The minimum Gasteiger partial charge on any atom is -0.378 e. The van der Waals surface area contributed by atoms with Crippen molar-refractivity contribution in [1.82, 2.24) is 5.32 Å². The van der Waals surface area contributed by atoms with E-state index < -0.39 is 16.2 Å². The second-order valence-electron chi connectivity index (χ2n) is 5.17. The topological polar surface area (TPSA) is 127 Å². The summed E-state index contributed by atoms with van der Waals surface area (Å²) in [4.78, 5) is 33.3. The fourth-order valence-electron chi connectivity index (χ4n) is 1.53. The smallest absolute Gasteiger partial charge is 0.292 e. The number of primary amides is 1. The van der Waals surface area contributed by atoms with Crippen molar-refractivity contribution < 1.29 is 14.5 Å². The second kappa shape index (κ2) is 6.21. The third-order valence-electron chi connectivity index (χ3n) is 3.07. The van der Waals surface area contributed by atoms with Gasteiger partial charge in [-0.05, 0) is 26.0 Å². The van der Waals surface area contributed by atoms with E-state index in [-0.39, 0.29) is 29.4 Å². The average Bonchev–Trinajstić information content (AvgIpc) is 2.43. The Morgan fingerprint density at radius 2 is 2.00 bits per heavy atom. The highest BCUT2D eigenvalue weighted by Crippen LogP contribution is 2.27. The molecule has 1 aromatic rings. The van der Waals surface area contributed by atoms with Gasteiger partial charge in [-0.2, -0.15) is 0 Å². The fourth-order valence-corrected chi connectivity index (χ4v) is 1.53. The third kappa shape index (κ3) is 3.91. The molecule has 0 atom stereocenters. The molecule has 114 valence electrons. The number of hydrogen-bond donors (Lipinski definition) is 3. The van der Waals surface area contributed by atoms with Gasteiger partial charge in [0.1, 0.15) is 5.69 Å². The summed E-state index contributed by atoms with van der Waals surface area (Å²) >= 11 is 0. The Bertz CT molecular complexity index is 584. The van der Waals surface area contributed by atoms with Crippen LogP contribution in [0.4, 0.5) is 11.4 Å². The van der Waals surface area contributed by atoms with Crippen molar-refractivity contribution in [3.8, 4) is 0 Å². The molecule has 1 rings (SSSR count). The maximum Gasteiger partial charge on any atom is 0.292 e. The van der Waals surface area contributed by atoms with Gasteiger partial charge in [0.15, 0.2) is 0 Å². The van der Waals surface area contributed by atoms with E-state index >= 15 is 0 Å². The molecule has 1 aromatic carbocycles. The van der Waals surface area contributed by atoms with Gasteiger partial charge in [-0.3, -0.25) is 19.7 Å². The number of carbonyl (C=O) groups excluding carboxylic acids is 2. The van der Waals surface area contributed by atoms with Gasteiger partial charge < -0.3 is 16.4 Å². The zero-order chi connectivity index (χ0) is 16.2. The summed E-state index contributed by atoms with van der Waals surface area (Å²) < 4.78 is 0. The zero-order valence-corrected chi connectivity index (χ0v) is 12.1. The first-order valence-corrected chi connectivity index (χ1v) is 6.23. The summed E-state index contributed by atoms with van der Waals surface area (Å²) in [6.07, 6.45) is 0. The Morgan fingerprint density at radius 1 is 1.38 bits per heavy atom. The van der Waals surface area contributed by atoms with Gasteiger partial charge in [0.2, 0.25) is 5.91 Å². The number of carbonyl (C=O) groups is 2. The van der Waals surface area contributed by atoms with Crippen LogP contribution in [-0.4, -0.2) is 30.3 Å². The lowest BCUT2D eigenvalue weighted by atomic mass is 9.92. The molecule has 0 aromatic heterocycles. The molecule has 0 aliphatic rings. The fraction of sp³-hybridized carbons (Fsp3) is 0.385. The molecular formula is C13H18N4O4. The molecule has 0 aliphatic heterocycles. The SMILES string of the molecule is CNC(=O)c1ccc([N+](=O)[O-])c(NCC(C)(C)C(N)=O)c1. The molecule has 0 aliphatic carbocycles. The maximum absolute atomic E-state index is 11.6. The molecule has 0 saturated heterocycles. The van der Waals surface area contributed by atoms with Crippen LogP contribution in [0.3, 0.4) is 0 Å². The van der Waals surface area contributed by atoms with Crippen molar-refractivity contribution in [2.24, 2.45) is 11.1 Å². The third-order valence-corrected chi connectivity index (χ3v) is 3.07. The highest BCUT2D eigenvalue weighted by Gasteiger charge is 2.26. The minimum atomic E-state index is -0.878. The highest BCUT2D eigenvalue weighted by atomic mass is 16.6. The summed E-state index contributed by atoms with van der Waals surface area (Å²) in [5.74, 6) is -0.887. The Hall–Kier alpha value is -2.64. The number of rotatable bonds is 6. The van der Waals surface area contributed by atoms with E-state index in [1.165, 1.54) is 25.2 Å². The van der Waals surface area contributed by atoms with Gasteiger partial charge in [0, 0.05) is 25.2 Å². The molecule has 21 heavy (non-hydrogen) atoms. The van der Waals surface area contributed by atoms with E-state index in [0.717, 1.165) is 0 Å². The summed E-state index contributed by atoms with van der Waals surface area (Å²) in [5.41, 5.74) is 4.64. The van der Waals surface area contributed by atoms with E-state index in [2.05, 4.69) is 10.6 Å². The van der Waals surface area contributed by atoms with E-state index in [9.17, 15) is 19.7 Å². The number of nitrogens with zero attached hydrogens (tertiary/aromatic N) is 1. The molecule has 0 fully saturated rings. The van der Waals surface area contributed by atoms with Crippen molar-refractivity contribution in [2.75, 3.05) is 18.9 Å². The number of nitro groups is 1. The second-order valence-corrected chi connectivity index (χ2v) is 5.17. The lowest BCUT2D eigenvalue weighted by molar-refractivity contribution is -0.384. The van der Waals surface area contributed by atoms with Crippen molar-refractivity contribution >= 4 is 23.2 Å². The molecule has 0 unspecified atom stereocenters. The van der Waals surface area contributed by atoms with Crippen LogP contribution < -0.4 is 16.4 Å². The number of amides is 2. The maximum atomic E-state index is 11.6. The van der Waals surface area contributed by atoms with Gasteiger partial charge in [-0.1, -0.05) is 0 Å². The number of anilines is 1. The summed E-state index contributed by atoms with van der Waals surface area (Å²) in [7, 11) is 1.47. The molecule has 0 heterocycles. The van der Waals surface area contributed by atoms with Crippen molar-refractivity contribution in [1.29, 1.82) is 0 Å². The van der Waals surface area contributed by atoms with Crippen LogP contribution in [0, 0.1) is 15.5 Å². The average molecular weight is 294 g/mol. The van der Waals surface area contributed by atoms with Gasteiger partial charge in [0.25, 0.3) is 11.6 Å². The lowest BCUT2D eigenvalue weighted by Crippen LogP contribution is -2.37. The van der Waals surface area contributed by atoms with Gasteiger partial charge in [-0.15, -0.1) is 0 Å². The molecule has 8 heteroatoms. The Morgan fingerprint density at radius 3 is 2.48 bits per heavy atom. The van der Waals surface area contributed by atoms with Crippen molar-refractivity contribution in [3.63, 3.8) is 0 Å². The molecule has 2 amide bonds. The monoisotopic (exact) mass is 294 g/mol. The minimum absolute atomic E-state index is 0.111. The molecular weight excluding hydrogens is 276 g/mol. The molecule has 0 bridgehead atoms. The van der Waals surface area contributed by atoms with Gasteiger partial charge >= 0.3 is 0 Å². The summed E-state index contributed by atoms with van der Waals surface area (Å²) in [5, 5.41) is 16.3. The number of nitrogens with one attached hydrogen (secondary N) is 2. The molecule has 8 nitrogen and oxygen atoms in total. The van der Waals surface area contributed by atoms with Crippen LogP contribution in [0.15, 0.2) is 18.2 Å². The van der Waals surface area contributed by atoms with Crippen LogP contribution in [0.5, 0.6) is 0 Å². The van der Waals surface area contributed by atoms with Crippen molar-refractivity contribution in [3.05, 3.63) is 33.9 Å². The Kier molecular flexibility index (Phi) is 4.85. The highest BCUT2D eigenvalue weighted by molar-refractivity contribution is 5.95. The van der Waals surface area contributed by atoms with E-state index in [0.29, 0.717) is 0 Å². The first-order valence-electron chi connectivity index (χ1n) is 6.23. The largest absolute Gasteiger partial charge is 0.378 e. The van der Waals surface area contributed by atoms with Crippen LogP contribution >= 0.6 is 0 Å². The molecule has 0 radical (unpaired) electrons. The van der Waals surface area contributed by atoms with Gasteiger partial charge in [-0.25, -0.2) is 0 Å². The Balaban J connectivity index is 3.10. The normalized spacial score (nSPS) is 10.8. The number of nitrogens with two attached hydrogens (primary N) is 1. The predicted molar refractivity (Wildman–Crippen MR) is 78.0 cm³/mol. The van der Waals surface area contributed by atoms with Crippen LogP contribution in [0.1, 0.15) is 24.2 Å². The Labute approximate surface area is 121 Å². The van der Waals surface area contributed by atoms with Crippen LogP contribution in [0.2, 0.25) is 0 Å². The summed E-state index contributed by atoms with van der Waals surface area (Å²) in [6, 6.07) is 3.97. The first-order chi connectivity index (χ1) is 9.69. The number of benzene rings is 1. The standard InChI is InChI=1S/C13H18N4O4/c1-13(2,12(14)19)7-16-9-6-8(11(18)15-3)4-5-10(9)17(20)21/h4-6,16H,7H2,1-3H3,(H2,14,19)(H,15,18). The first kappa shape index (κ1) is 16.4. The van der Waals surface area contributed by atoms with Crippen LogP contribution in [-0.2, 0) is 4.79 Å². The zero-order valence-electron chi connectivity index (χ0n) is 12.1.